The Balaban J connectivity index is 1.84. The Bertz CT molecular complexity index is 1100. The standard InChI is InChI=1S/C19H13N5O6/c25-18-12(4-1-6-14(18)23(27)28)10-20-16-8-3-9-17(22-16)21-11-13-5-2-7-15(19(13)26)24(29)30/h1-11,25-26H/b20-10-,21-11?. The monoisotopic (exact) mass is 407 g/mol. The van der Waals surface area contributed by atoms with Crippen molar-refractivity contribution in [3.05, 3.63) is 86.0 Å². The first-order valence-corrected chi connectivity index (χ1v) is 8.34. The second-order valence-electron chi connectivity index (χ2n) is 5.81. The molecule has 0 spiro atoms. The van der Waals surface area contributed by atoms with E-state index in [4.69, 9.17) is 0 Å². The molecule has 0 bridgehead atoms. The predicted octanol–water partition coefficient (Wildman–Crippen LogP) is 3.81. The first kappa shape index (κ1) is 20.1. The van der Waals surface area contributed by atoms with Crippen LogP contribution in [0.5, 0.6) is 11.5 Å². The van der Waals surface area contributed by atoms with Crippen molar-refractivity contribution in [2.24, 2.45) is 9.98 Å². The number of nitro groups is 2. The predicted molar refractivity (Wildman–Crippen MR) is 108 cm³/mol. The Morgan fingerprint density at radius 3 is 1.53 bits per heavy atom. The molecule has 0 saturated heterocycles. The van der Waals surface area contributed by atoms with Gasteiger partial charge in [0.15, 0.2) is 11.6 Å². The summed E-state index contributed by atoms with van der Waals surface area (Å²) >= 11 is 0. The maximum absolute atomic E-state index is 10.9. The van der Waals surface area contributed by atoms with Gasteiger partial charge < -0.3 is 10.2 Å². The molecule has 0 aliphatic rings. The first-order chi connectivity index (χ1) is 14.4. The van der Waals surface area contributed by atoms with E-state index in [2.05, 4.69) is 15.0 Å². The second-order valence-corrected chi connectivity index (χ2v) is 5.81. The molecule has 11 heteroatoms. The number of hydrogen-bond acceptors (Lipinski definition) is 9. The molecule has 0 unspecified atom stereocenters. The third-order valence-corrected chi connectivity index (χ3v) is 3.88. The van der Waals surface area contributed by atoms with Gasteiger partial charge in [-0.25, -0.2) is 15.0 Å². The SMILES string of the molecule is O=[N+]([O-])c1cccc(C=Nc2cccc(/N=C\c3cccc([N+](=O)[O-])c3O)n2)c1O. The van der Waals surface area contributed by atoms with E-state index in [1.165, 1.54) is 48.8 Å². The fourth-order valence-electron chi connectivity index (χ4n) is 2.43. The third kappa shape index (κ3) is 4.42. The van der Waals surface area contributed by atoms with Gasteiger partial charge in [-0.3, -0.25) is 20.2 Å². The van der Waals surface area contributed by atoms with Crippen LogP contribution in [0.4, 0.5) is 23.0 Å². The molecule has 0 radical (unpaired) electrons. The number of phenols is 2. The van der Waals surface area contributed by atoms with Crippen molar-refractivity contribution in [3.63, 3.8) is 0 Å². The minimum absolute atomic E-state index is 0.140. The van der Waals surface area contributed by atoms with Gasteiger partial charge in [0.1, 0.15) is 0 Å². The van der Waals surface area contributed by atoms with Crippen molar-refractivity contribution >= 4 is 35.4 Å². The zero-order chi connectivity index (χ0) is 21.7. The molecule has 3 rings (SSSR count). The molecule has 150 valence electrons. The van der Waals surface area contributed by atoms with E-state index in [1.54, 1.807) is 18.2 Å². The maximum Gasteiger partial charge on any atom is 0.311 e. The Morgan fingerprint density at radius 2 is 1.13 bits per heavy atom. The highest BCUT2D eigenvalue weighted by Gasteiger charge is 2.16. The summed E-state index contributed by atoms with van der Waals surface area (Å²) in [7, 11) is 0. The minimum atomic E-state index is -0.705. The number of para-hydroxylation sites is 2. The zero-order valence-electron chi connectivity index (χ0n) is 15.1. The van der Waals surface area contributed by atoms with Gasteiger partial charge in [-0.1, -0.05) is 18.2 Å². The van der Waals surface area contributed by atoms with Crippen LogP contribution in [-0.4, -0.2) is 37.5 Å². The van der Waals surface area contributed by atoms with E-state index >= 15 is 0 Å². The van der Waals surface area contributed by atoms with E-state index in [1.807, 2.05) is 0 Å². The lowest BCUT2D eigenvalue weighted by Crippen LogP contribution is -1.92. The maximum atomic E-state index is 10.9. The molecule has 0 aliphatic heterocycles. The molecule has 30 heavy (non-hydrogen) atoms. The average Bonchev–Trinajstić information content (AvgIpc) is 2.72. The summed E-state index contributed by atoms with van der Waals surface area (Å²) in [6, 6.07) is 12.8. The van der Waals surface area contributed by atoms with E-state index in [-0.39, 0.29) is 22.8 Å². The van der Waals surface area contributed by atoms with Gasteiger partial charge >= 0.3 is 11.4 Å². The molecule has 1 aromatic heterocycles. The topological polar surface area (TPSA) is 164 Å². The number of hydrogen-bond donors (Lipinski definition) is 2. The Morgan fingerprint density at radius 1 is 0.733 bits per heavy atom. The number of benzene rings is 2. The largest absolute Gasteiger partial charge is 0.502 e. The van der Waals surface area contributed by atoms with Gasteiger partial charge in [0.2, 0.25) is 11.5 Å². The molecule has 2 aromatic carbocycles. The van der Waals surface area contributed by atoms with E-state index in [0.717, 1.165) is 0 Å². The summed E-state index contributed by atoms with van der Waals surface area (Å²) in [5.74, 6) is -0.610. The van der Waals surface area contributed by atoms with Crippen molar-refractivity contribution in [1.82, 2.24) is 4.98 Å². The Kier molecular flexibility index (Phi) is 5.73. The first-order valence-electron chi connectivity index (χ1n) is 8.34. The summed E-state index contributed by atoms with van der Waals surface area (Å²) in [5, 5.41) is 41.6. The number of nitro benzene ring substituents is 2. The quantitative estimate of drug-likeness (QED) is 0.356. The summed E-state index contributed by atoms with van der Waals surface area (Å²) < 4.78 is 0. The molecule has 3 aromatic rings. The molecule has 1 heterocycles. The van der Waals surface area contributed by atoms with Gasteiger partial charge in [0, 0.05) is 35.7 Å². The highest BCUT2D eigenvalue weighted by Crippen LogP contribution is 2.29. The van der Waals surface area contributed by atoms with Crippen molar-refractivity contribution < 1.29 is 20.1 Å². The molecule has 0 aliphatic carbocycles. The second kappa shape index (κ2) is 8.56. The van der Waals surface area contributed by atoms with Crippen LogP contribution in [-0.2, 0) is 0 Å². The summed E-state index contributed by atoms with van der Waals surface area (Å²) in [6.45, 7) is 0. The van der Waals surface area contributed by atoms with Crippen molar-refractivity contribution in [3.8, 4) is 11.5 Å². The number of nitrogens with zero attached hydrogens (tertiary/aromatic N) is 5. The molecule has 0 saturated carbocycles. The number of rotatable bonds is 6. The van der Waals surface area contributed by atoms with Gasteiger partial charge in [0.25, 0.3) is 0 Å². The lowest BCUT2D eigenvalue weighted by molar-refractivity contribution is -0.386. The van der Waals surface area contributed by atoms with Crippen molar-refractivity contribution in [2.45, 2.75) is 0 Å². The van der Waals surface area contributed by atoms with E-state index in [0.29, 0.717) is 0 Å². The van der Waals surface area contributed by atoms with Gasteiger partial charge in [-0.05, 0) is 24.3 Å². The van der Waals surface area contributed by atoms with Crippen LogP contribution in [0.3, 0.4) is 0 Å². The highest BCUT2D eigenvalue weighted by molar-refractivity contribution is 5.88. The van der Waals surface area contributed by atoms with Crippen LogP contribution in [0.25, 0.3) is 0 Å². The fourth-order valence-corrected chi connectivity index (χ4v) is 2.43. The summed E-state index contributed by atoms with van der Waals surface area (Å²) in [4.78, 5) is 32.7. The fraction of sp³-hybridized carbons (Fsp3) is 0. The number of phenolic OH excluding ortho intramolecular Hbond substituents is 2. The van der Waals surface area contributed by atoms with Gasteiger partial charge in [0.05, 0.1) is 9.85 Å². The minimum Gasteiger partial charge on any atom is -0.502 e. The van der Waals surface area contributed by atoms with Crippen LogP contribution in [0.15, 0.2) is 64.6 Å². The number of aliphatic imine (C=N–C) groups is 2. The van der Waals surface area contributed by atoms with Crippen LogP contribution in [0.2, 0.25) is 0 Å². The molecule has 2 N–H and O–H groups in total. The van der Waals surface area contributed by atoms with E-state index in [9.17, 15) is 30.4 Å². The van der Waals surface area contributed by atoms with Crippen LogP contribution in [0, 0.1) is 20.2 Å². The molecule has 0 fully saturated rings. The van der Waals surface area contributed by atoms with Crippen LogP contribution in [0.1, 0.15) is 11.1 Å². The normalized spacial score (nSPS) is 11.2. The Hall–Kier alpha value is -4.67. The highest BCUT2D eigenvalue weighted by atomic mass is 16.6. The number of aromatic hydroxyl groups is 2. The lowest BCUT2D eigenvalue weighted by atomic mass is 10.2. The van der Waals surface area contributed by atoms with Crippen LogP contribution < -0.4 is 0 Å². The molecular weight excluding hydrogens is 394 g/mol. The van der Waals surface area contributed by atoms with Crippen molar-refractivity contribution in [1.29, 1.82) is 0 Å². The average molecular weight is 407 g/mol. The molecular formula is C19H13N5O6. The Labute approximate surface area is 168 Å². The zero-order valence-corrected chi connectivity index (χ0v) is 15.1. The van der Waals surface area contributed by atoms with Gasteiger partial charge in [-0.2, -0.15) is 0 Å². The lowest BCUT2D eigenvalue weighted by Gasteiger charge is -2.00. The molecule has 11 nitrogen and oxygen atoms in total. The molecule has 0 atom stereocenters. The van der Waals surface area contributed by atoms with Crippen LogP contribution >= 0.6 is 0 Å². The third-order valence-electron chi connectivity index (χ3n) is 3.88. The summed E-state index contributed by atoms with van der Waals surface area (Å²) in [6.07, 6.45) is 2.45. The molecule has 0 amide bonds. The number of aromatic nitrogens is 1. The smallest absolute Gasteiger partial charge is 0.311 e. The van der Waals surface area contributed by atoms with Gasteiger partial charge in [-0.15, -0.1) is 0 Å². The van der Waals surface area contributed by atoms with Crippen molar-refractivity contribution in [2.75, 3.05) is 0 Å². The van der Waals surface area contributed by atoms with E-state index < -0.39 is 32.7 Å². The summed E-state index contributed by atoms with van der Waals surface area (Å²) in [5.41, 5.74) is -0.605. The number of pyridine rings is 1.